The number of hydrogen-bond acceptors (Lipinski definition) is 4. The van der Waals surface area contributed by atoms with Gasteiger partial charge in [-0.3, -0.25) is 4.79 Å². The Kier molecular flexibility index (Phi) is 1.64. The smallest absolute Gasteiger partial charge is 0.166 e. The van der Waals surface area contributed by atoms with Crippen LogP contribution in [0.5, 0.6) is 0 Å². The van der Waals surface area contributed by atoms with Crippen molar-refractivity contribution in [3.8, 4) is 0 Å². The molecule has 0 aromatic heterocycles. The molecule has 3 rings (SSSR count). The van der Waals surface area contributed by atoms with Crippen LogP contribution in [0.4, 0.5) is 0 Å². The fourth-order valence-electron chi connectivity index (χ4n) is 2.42. The van der Waals surface area contributed by atoms with Crippen LogP contribution in [0.2, 0.25) is 0 Å². The zero-order chi connectivity index (χ0) is 10.8. The highest BCUT2D eigenvalue weighted by molar-refractivity contribution is 5.97. The molecule has 4 nitrogen and oxygen atoms in total. The topological polar surface area (TPSA) is 59.1 Å². The lowest BCUT2D eigenvalue weighted by molar-refractivity contribution is -0.124. The highest BCUT2D eigenvalue weighted by atomic mass is 16.6. The largest absolute Gasteiger partial charge is 0.488 e. The van der Waals surface area contributed by atoms with Crippen LogP contribution in [0.3, 0.4) is 0 Å². The minimum atomic E-state index is -0.539. The van der Waals surface area contributed by atoms with Gasteiger partial charge in [0.15, 0.2) is 5.78 Å². The Balaban J connectivity index is 2.00. The van der Waals surface area contributed by atoms with Gasteiger partial charge in [-0.1, -0.05) is 0 Å². The number of Topliss-reactive ketones (excluding diaryl/α,β-unsaturated/α-hetero) is 1. The minimum absolute atomic E-state index is 0.0919. The van der Waals surface area contributed by atoms with E-state index in [1.54, 1.807) is 0 Å². The first-order valence-corrected chi connectivity index (χ1v) is 5.27. The van der Waals surface area contributed by atoms with Gasteiger partial charge >= 0.3 is 0 Å². The van der Waals surface area contributed by atoms with Gasteiger partial charge in [-0.05, 0) is 13.8 Å². The van der Waals surface area contributed by atoms with Crippen molar-refractivity contribution in [2.24, 2.45) is 0 Å². The third-order valence-electron chi connectivity index (χ3n) is 3.18. The molecule has 15 heavy (non-hydrogen) atoms. The number of ketones is 1. The van der Waals surface area contributed by atoms with Crippen molar-refractivity contribution in [1.82, 2.24) is 0 Å². The number of epoxide rings is 1. The minimum Gasteiger partial charge on any atom is -0.488 e. The second-order valence-corrected chi connectivity index (χ2v) is 5.10. The van der Waals surface area contributed by atoms with E-state index in [9.17, 15) is 9.90 Å². The lowest BCUT2D eigenvalue weighted by Crippen LogP contribution is -2.39. The Bertz CT molecular complexity index is 369. The van der Waals surface area contributed by atoms with Gasteiger partial charge in [0.25, 0.3) is 0 Å². The molecule has 0 aromatic rings. The molecule has 1 aliphatic carbocycles. The van der Waals surface area contributed by atoms with E-state index in [0.717, 1.165) is 0 Å². The molecule has 3 aliphatic rings. The third-order valence-corrected chi connectivity index (χ3v) is 3.18. The van der Waals surface area contributed by atoms with E-state index in [1.165, 1.54) is 0 Å². The Labute approximate surface area is 87.9 Å². The molecule has 2 heterocycles. The Morgan fingerprint density at radius 3 is 2.93 bits per heavy atom. The second kappa shape index (κ2) is 2.62. The van der Waals surface area contributed by atoms with Gasteiger partial charge in [0.05, 0.1) is 12.5 Å². The molecule has 0 bridgehead atoms. The van der Waals surface area contributed by atoms with Gasteiger partial charge in [0.2, 0.25) is 0 Å². The quantitative estimate of drug-likeness (QED) is 0.593. The summed E-state index contributed by atoms with van der Waals surface area (Å²) < 4.78 is 11.1. The second-order valence-electron chi connectivity index (χ2n) is 5.10. The zero-order valence-electron chi connectivity index (χ0n) is 8.82. The number of aliphatic hydroxyl groups is 1. The van der Waals surface area contributed by atoms with Crippen LogP contribution in [-0.4, -0.2) is 34.8 Å². The van der Waals surface area contributed by atoms with Crippen LogP contribution in [0, 0.1) is 0 Å². The fourth-order valence-corrected chi connectivity index (χ4v) is 2.42. The summed E-state index contributed by atoms with van der Waals surface area (Å²) in [4.78, 5) is 11.8. The molecular formula is C11H14O4. The highest BCUT2D eigenvalue weighted by Gasteiger charge is 2.56. The van der Waals surface area contributed by atoms with Crippen molar-refractivity contribution in [3.05, 3.63) is 11.3 Å². The molecule has 0 spiro atoms. The molecule has 0 radical (unpaired) electrons. The monoisotopic (exact) mass is 210 g/mol. The summed E-state index contributed by atoms with van der Waals surface area (Å²) in [7, 11) is 0. The number of fused-ring (bicyclic) bond motifs is 2. The van der Waals surface area contributed by atoms with Gasteiger partial charge in [-0.15, -0.1) is 0 Å². The molecule has 1 fully saturated rings. The number of hydrogen-bond donors (Lipinski definition) is 1. The molecule has 1 saturated heterocycles. The molecule has 0 unspecified atom stereocenters. The summed E-state index contributed by atoms with van der Waals surface area (Å²) in [5, 5.41) is 9.64. The van der Waals surface area contributed by atoms with Crippen molar-refractivity contribution in [2.75, 3.05) is 0 Å². The highest BCUT2D eigenvalue weighted by Crippen LogP contribution is 2.46. The third kappa shape index (κ3) is 1.32. The van der Waals surface area contributed by atoms with Crippen molar-refractivity contribution in [3.63, 3.8) is 0 Å². The van der Waals surface area contributed by atoms with E-state index in [1.807, 2.05) is 13.8 Å². The number of carbonyl (C=O) groups is 1. The van der Waals surface area contributed by atoms with Gasteiger partial charge in [0.1, 0.15) is 23.6 Å². The van der Waals surface area contributed by atoms with Crippen LogP contribution >= 0.6 is 0 Å². The predicted molar refractivity (Wildman–Crippen MR) is 51.1 cm³/mol. The predicted octanol–water partition coefficient (Wildman–Crippen LogP) is 0.540. The first-order chi connectivity index (χ1) is 6.98. The van der Waals surface area contributed by atoms with Crippen molar-refractivity contribution in [2.45, 2.75) is 50.6 Å². The first-order valence-electron chi connectivity index (χ1n) is 5.27. The number of aliphatic hydroxyl groups excluding tert-OH is 1. The van der Waals surface area contributed by atoms with E-state index >= 15 is 0 Å². The van der Waals surface area contributed by atoms with Gasteiger partial charge in [-0.2, -0.15) is 0 Å². The summed E-state index contributed by atoms with van der Waals surface area (Å²) >= 11 is 0. The van der Waals surface area contributed by atoms with E-state index in [4.69, 9.17) is 9.47 Å². The first kappa shape index (κ1) is 9.36. The number of rotatable bonds is 0. The molecular weight excluding hydrogens is 196 g/mol. The summed E-state index contributed by atoms with van der Waals surface area (Å²) in [6.45, 7) is 3.80. The Morgan fingerprint density at radius 2 is 2.20 bits per heavy atom. The van der Waals surface area contributed by atoms with Crippen LogP contribution < -0.4 is 0 Å². The molecule has 1 N–H and O–H groups in total. The number of ether oxygens (including phenoxy) is 2. The molecule has 82 valence electrons. The van der Waals surface area contributed by atoms with Crippen LogP contribution in [0.25, 0.3) is 0 Å². The summed E-state index contributed by atoms with van der Waals surface area (Å²) in [6.07, 6.45) is -0.0957. The maximum absolute atomic E-state index is 11.8. The van der Waals surface area contributed by atoms with Crippen LogP contribution in [0.15, 0.2) is 11.3 Å². The molecule has 4 heteroatoms. The molecule has 2 aliphatic heterocycles. The maximum Gasteiger partial charge on any atom is 0.166 e. The SMILES string of the molecule is CC1(C)CC(=O)C2=C(O1)[C@H]1O[C@H]1[C@H](O)C2. The van der Waals surface area contributed by atoms with Crippen molar-refractivity contribution in [1.29, 1.82) is 0 Å². The zero-order valence-corrected chi connectivity index (χ0v) is 8.82. The normalized spacial score (nSPS) is 41.8. The Hall–Kier alpha value is -0.870. The van der Waals surface area contributed by atoms with E-state index in [-0.39, 0.29) is 18.0 Å². The van der Waals surface area contributed by atoms with Gasteiger partial charge < -0.3 is 14.6 Å². The lowest BCUT2D eigenvalue weighted by atomic mass is 9.85. The van der Waals surface area contributed by atoms with Crippen LogP contribution in [-0.2, 0) is 14.3 Å². The van der Waals surface area contributed by atoms with E-state index in [2.05, 4.69) is 0 Å². The van der Waals surface area contributed by atoms with Gasteiger partial charge in [-0.25, -0.2) is 0 Å². The van der Waals surface area contributed by atoms with E-state index in [0.29, 0.717) is 24.2 Å². The molecule has 3 atom stereocenters. The maximum atomic E-state index is 11.8. The van der Waals surface area contributed by atoms with E-state index < -0.39 is 11.7 Å². The molecule has 0 aromatic carbocycles. The fraction of sp³-hybridized carbons (Fsp3) is 0.727. The average Bonchev–Trinajstić information content (AvgIpc) is 2.86. The lowest BCUT2D eigenvalue weighted by Gasteiger charge is -2.35. The summed E-state index contributed by atoms with van der Waals surface area (Å²) in [5.41, 5.74) is 0.204. The molecule has 0 saturated carbocycles. The number of carbonyl (C=O) groups excluding carboxylic acids is 1. The van der Waals surface area contributed by atoms with Gasteiger partial charge in [0, 0.05) is 12.0 Å². The van der Waals surface area contributed by atoms with Crippen LogP contribution in [0.1, 0.15) is 26.7 Å². The van der Waals surface area contributed by atoms with Crippen molar-refractivity contribution >= 4 is 5.78 Å². The summed E-state index contributed by atoms with van der Waals surface area (Å²) in [5.74, 6) is 0.765. The van der Waals surface area contributed by atoms with Crippen molar-refractivity contribution < 1.29 is 19.4 Å². The standard InChI is InChI=1S/C11H14O4/c1-11(2)4-7(13)5-3-6(12)9-10(14-9)8(5)15-11/h6,9-10,12H,3-4H2,1-2H3/t6-,9+,10-/m1/s1. The Morgan fingerprint density at radius 1 is 1.47 bits per heavy atom. The summed E-state index contributed by atoms with van der Waals surface area (Å²) in [6, 6.07) is 0. The average molecular weight is 210 g/mol. The molecule has 0 amide bonds.